The van der Waals surface area contributed by atoms with Crippen molar-refractivity contribution in [2.75, 3.05) is 5.32 Å². The Labute approximate surface area is 127 Å². The molecule has 0 saturated carbocycles. The van der Waals surface area contributed by atoms with Crippen LogP contribution in [-0.2, 0) is 16.1 Å². The molecular formula is C15H17N3O4. The number of carboxylic acid groups (broad SMARTS) is 1. The van der Waals surface area contributed by atoms with Crippen LogP contribution in [-0.4, -0.2) is 32.9 Å². The van der Waals surface area contributed by atoms with Gasteiger partial charge in [0.1, 0.15) is 12.3 Å². The summed E-state index contributed by atoms with van der Waals surface area (Å²) in [7, 11) is 0. The van der Waals surface area contributed by atoms with E-state index in [4.69, 9.17) is 9.84 Å². The molecule has 2 N–H and O–H groups in total. The van der Waals surface area contributed by atoms with Gasteiger partial charge >= 0.3 is 5.97 Å². The van der Waals surface area contributed by atoms with Crippen LogP contribution in [0, 0.1) is 6.92 Å². The van der Waals surface area contributed by atoms with Crippen LogP contribution in [0.5, 0.6) is 5.75 Å². The van der Waals surface area contributed by atoms with E-state index in [-0.39, 0.29) is 18.3 Å². The van der Waals surface area contributed by atoms with E-state index in [0.29, 0.717) is 5.75 Å². The molecule has 116 valence electrons. The monoisotopic (exact) mass is 303 g/mol. The van der Waals surface area contributed by atoms with Gasteiger partial charge in [0.05, 0.1) is 0 Å². The maximum Gasteiger partial charge on any atom is 0.325 e. The maximum atomic E-state index is 12.0. The Morgan fingerprint density at radius 1 is 1.41 bits per heavy atom. The summed E-state index contributed by atoms with van der Waals surface area (Å²) in [5, 5.41) is 15.2. The molecule has 0 aliphatic heterocycles. The van der Waals surface area contributed by atoms with Gasteiger partial charge < -0.3 is 15.2 Å². The number of ether oxygens (including phenoxy) is 1. The number of benzene rings is 1. The molecule has 1 unspecified atom stereocenters. The van der Waals surface area contributed by atoms with E-state index >= 15 is 0 Å². The fraction of sp³-hybridized carbons (Fsp3) is 0.267. The third kappa shape index (κ3) is 4.34. The number of hydrogen-bond donors (Lipinski definition) is 2. The second-order valence-electron chi connectivity index (χ2n) is 4.86. The molecule has 2 aromatic rings. The van der Waals surface area contributed by atoms with Crippen LogP contribution in [0.1, 0.15) is 12.5 Å². The van der Waals surface area contributed by atoms with Gasteiger partial charge in [0.2, 0.25) is 0 Å². The average molecular weight is 303 g/mol. The molecule has 0 bridgehead atoms. The summed E-state index contributed by atoms with van der Waals surface area (Å²) in [6.07, 6.45) is 0.780. The molecule has 1 atom stereocenters. The molecule has 7 nitrogen and oxygen atoms in total. The second kappa shape index (κ2) is 6.75. The fourth-order valence-electron chi connectivity index (χ4n) is 1.83. The summed E-state index contributed by atoms with van der Waals surface area (Å²) in [5.41, 5.74) is 1.04. The molecule has 0 fully saturated rings. The van der Waals surface area contributed by atoms with Crippen LogP contribution in [0.15, 0.2) is 36.5 Å². The van der Waals surface area contributed by atoms with E-state index in [1.54, 1.807) is 13.0 Å². The van der Waals surface area contributed by atoms with Crippen molar-refractivity contribution >= 4 is 17.7 Å². The smallest absolute Gasteiger partial charge is 0.325 e. The first kappa shape index (κ1) is 15.6. The van der Waals surface area contributed by atoms with Crippen LogP contribution >= 0.6 is 0 Å². The topological polar surface area (TPSA) is 93.5 Å². The van der Waals surface area contributed by atoms with Gasteiger partial charge in [0.15, 0.2) is 11.9 Å². The first-order chi connectivity index (χ1) is 10.4. The Balaban J connectivity index is 1.93. The van der Waals surface area contributed by atoms with E-state index in [1.165, 1.54) is 16.9 Å². The number of aliphatic carboxylic acids is 1. The van der Waals surface area contributed by atoms with E-state index in [1.807, 2.05) is 25.1 Å². The van der Waals surface area contributed by atoms with Crippen LogP contribution in [0.4, 0.5) is 5.82 Å². The molecule has 1 heterocycles. The zero-order valence-electron chi connectivity index (χ0n) is 12.3. The highest BCUT2D eigenvalue weighted by molar-refractivity contribution is 5.93. The van der Waals surface area contributed by atoms with Gasteiger partial charge in [-0.3, -0.25) is 14.3 Å². The number of aromatic nitrogens is 2. The number of rotatable bonds is 6. The van der Waals surface area contributed by atoms with Crippen molar-refractivity contribution < 1.29 is 19.4 Å². The maximum absolute atomic E-state index is 12.0. The number of carbonyl (C=O) groups is 2. The van der Waals surface area contributed by atoms with Gasteiger partial charge in [-0.15, -0.1) is 0 Å². The van der Waals surface area contributed by atoms with Crippen molar-refractivity contribution in [1.29, 1.82) is 0 Å². The van der Waals surface area contributed by atoms with Crippen molar-refractivity contribution in [1.82, 2.24) is 9.78 Å². The standard InChI is InChI=1S/C15H17N3O4/c1-10-4-3-5-12(8-10)22-11(2)15(21)16-13-6-7-18(17-13)9-14(19)20/h3-8,11H,9H2,1-2H3,(H,19,20)(H,16,17,21). The first-order valence-electron chi connectivity index (χ1n) is 6.73. The minimum absolute atomic E-state index is 0.259. The zero-order valence-corrected chi connectivity index (χ0v) is 12.3. The van der Waals surface area contributed by atoms with E-state index in [2.05, 4.69) is 10.4 Å². The molecule has 1 aromatic heterocycles. The summed E-state index contributed by atoms with van der Waals surface area (Å²) in [6, 6.07) is 8.93. The van der Waals surface area contributed by atoms with Crippen molar-refractivity contribution in [3.8, 4) is 5.75 Å². The van der Waals surface area contributed by atoms with Gasteiger partial charge in [-0.1, -0.05) is 12.1 Å². The predicted octanol–water partition coefficient (Wildman–Crippen LogP) is 1.68. The largest absolute Gasteiger partial charge is 0.481 e. The summed E-state index contributed by atoms with van der Waals surface area (Å²) in [5.74, 6) is -0.468. The number of nitrogens with one attached hydrogen (secondary N) is 1. The van der Waals surface area contributed by atoms with Crippen LogP contribution in [0.2, 0.25) is 0 Å². The van der Waals surface area contributed by atoms with Crippen molar-refractivity contribution in [2.45, 2.75) is 26.5 Å². The van der Waals surface area contributed by atoms with Gasteiger partial charge in [0, 0.05) is 12.3 Å². The Bertz CT molecular complexity index is 681. The Morgan fingerprint density at radius 3 is 2.86 bits per heavy atom. The summed E-state index contributed by atoms with van der Waals surface area (Å²) in [6.45, 7) is 3.31. The van der Waals surface area contributed by atoms with Gasteiger partial charge in [-0.25, -0.2) is 0 Å². The normalized spacial score (nSPS) is 11.7. The number of aryl methyl sites for hydroxylation is 1. The number of carboxylic acids is 1. The lowest BCUT2D eigenvalue weighted by atomic mass is 10.2. The van der Waals surface area contributed by atoms with Crippen LogP contribution in [0.25, 0.3) is 0 Å². The molecule has 22 heavy (non-hydrogen) atoms. The minimum atomic E-state index is -1.00. The minimum Gasteiger partial charge on any atom is -0.481 e. The Hall–Kier alpha value is -2.83. The Morgan fingerprint density at radius 2 is 2.18 bits per heavy atom. The summed E-state index contributed by atoms with van der Waals surface area (Å²) >= 11 is 0. The quantitative estimate of drug-likeness (QED) is 0.847. The van der Waals surface area contributed by atoms with Crippen molar-refractivity contribution in [3.05, 3.63) is 42.1 Å². The number of carbonyl (C=O) groups excluding carboxylic acids is 1. The van der Waals surface area contributed by atoms with Gasteiger partial charge in [0.25, 0.3) is 5.91 Å². The number of amides is 1. The van der Waals surface area contributed by atoms with E-state index < -0.39 is 12.1 Å². The first-order valence-corrected chi connectivity index (χ1v) is 6.73. The fourth-order valence-corrected chi connectivity index (χ4v) is 1.83. The molecule has 0 radical (unpaired) electrons. The molecule has 0 spiro atoms. The highest BCUT2D eigenvalue weighted by atomic mass is 16.5. The molecule has 7 heteroatoms. The lowest BCUT2D eigenvalue weighted by Crippen LogP contribution is -2.30. The molecule has 0 aliphatic carbocycles. The van der Waals surface area contributed by atoms with Gasteiger partial charge in [-0.2, -0.15) is 5.10 Å². The Kier molecular flexibility index (Phi) is 4.77. The second-order valence-corrected chi connectivity index (χ2v) is 4.86. The van der Waals surface area contributed by atoms with Gasteiger partial charge in [-0.05, 0) is 31.5 Å². The van der Waals surface area contributed by atoms with E-state index in [0.717, 1.165) is 5.56 Å². The molecule has 1 aromatic carbocycles. The van der Waals surface area contributed by atoms with E-state index in [9.17, 15) is 9.59 Å². The third-order valence-electron chi connectivity index (χ3n) is 2.86. The zero-order chi connectivity index (χ0) is 16.1. The predicted molar refractivity (Wildman–Crippen MR) is 79.8 cm³/mol. The number of anilines is 1. The van der Waals surface area contributed by atoms with Crippen LogP contribution < -0.4 is 10.1 Å². The highest BCUT2D eigenvalue weighted by Crippen LogP contribution is 2.15. The van der Waals surface area contributed by atoms with Crippen LogP contribution in [0.3, 0.4) is 0 Å². The average Bonchev–Trinajstić information content (AvgIpc) is 2.85. The molecule has 1 amide bonds. The number of hydrogen-bond acceptors (Lipinski definition) is 4. The number of nitrogens with zero attached hydrogens (tertiary/aromatic N) is 2. The molecule has 0 saturated heterocycles. The third-order valence-corrected chi connectivity index (χ3v) is 2.86. The molecule has 0 aliphatic rings. The molecular weight excluding hydrogens is 286 g/mol. The lowest BCUT2D eigenvalue weighted by Gasteiger charge is -2.14. The van der Waals surface area contributed by atoms with Crippen molar-refractivity contribution in [3.63, 3.8) is 0 Å². The summed E-state index contributed by atoms with van der Waals surface area (Å²) in [4.78, 5) is 22.6. The SMILES string of the molecule is Cc1cccc(OC(C)C(=O)Nc2ccn(CC(=O)O)n2)c1. The highest BCUT2D eigenvalue weighted by Gasteiger charge is 2.16. The lowest BCUT2D eigenvalue weighted by molar-refractivity contribution is -0.137. The summed E-state index contributed by atoms with van der Waals surface area (Å²) < 4.78 is 6.79. The van der Waals surface area contributed by atoms with Crippen molar-refractivity contribution in [2.24, 2.45) is 0 Å². The molecule has 2 rings (SSSR count).